The Bertz CT molecular complexity index is 828. The van der Waals surface area contributed by atoms with Crippen LogP contribution in [0.15, 0.2) is 21.9 Å². The van der Waals surface area contributed by atoms with Gasteiger partial charge in [-0.3, -0.25) is 18.9 Å². The SMILES string of the molecule is O=c1ccn([C@@H]2O[C@H](COP(=O)(O)OP(=O)(O)O)[C@@H](O)[C@@H]2O)c(=O)[nH]1. The van der Waals surface area contributed by atoms with Gasteiger partial charge in [0.05, 0.1) is 6.61 Å². The average molecular weight is 404 g/mol. The maximum atomic E-state index is 11.7. The molecule has 0 radical (unpaired) electrons. The van der Waals surface area contributed by atoms with Crippen LogP contribution in [0.3, 0.4) is 0 Å². The maximum Gasteiger partial charge on any atom is 0.481 e. The summed E-state index contributed by atoms with van der Waals surface area (Å²) in [5.74, 6) is 0. The van der Waals surface area contributed by atoms with E-state index in [1.54, 1.807) is 0 Å². The standard InChI is InChI=1S/C9H14N2O12P2/c12-5-1-2-11(9(15)10-5)8-7(14)6(13)4(22-8)3-21-25(19,20)23-24(16,17)18/h1-2,4,6-8,13-14H,3H2,(H,19,20)(H,10,12,15)(H2,16,17,18)/t4-,6-,7+,8-/m1/s1. The molecular weight excluding hydrogens is 390 g/mol. The summed E-state index contributed by atoms with van der Waals surface area (Å²) in [5, 5.41) is 19.8. The van der Waals surface area contributed by atoms with E-state index in [1.165, 1.54) is 0 Å². The summed E-state index contributed by atoms with van der Waals surface area (Å²) in [5.41, 5.74) is -1.65. The number of aliphatic hydroxyl groups is 2. The van der Waals surface area contributed by atoms with Crippen molar-refractivity contribution in [3.8, 4) is 0 Å². The Kier molecular flexibility index (Phi) is 5.81. The van der Waals surface area contributed by atoms with Crippen LogP contribution in [0, 0.1) is 0 Å². The van der Waals surface area contributed by atoms with Gasteiger partial charge in [0.15, 0.2) is 6.23 Å². The van der Waals surface area contributed by atoms with Gasteiger partial charge in [0, 0.05) is 12.3 Å². The van der Waals surface area contributed by atoms with E-state index >= 15 is 0 Å². The molecule has 6 N–H and O–H groups in total. The molecule has 2 heterocycles. The lowest BCUT2D eigenvalue weighted by molar-refractivity contribution is -0.0542. The number of hydrogen-bond acceptors (Lipinski definition) is 9. The highest BCUT2D eigenvalue weighted by Crippen LogP contribution is 2.57. The minimum absolute atomic E-state index is 0.704. The smallest absolute Gasteiger partial charge is 0.387 e. The second-order valence-electron chi connectivity index (χ2n) is 4.90. The first-order valence-corrected chi connectivity index (χ1v) is 9.49. The summed E-state index contributed by atoms with van der Waals surface area (Å²) in [7, 11) is -10.5. The molecule has 1 aromatic rings. The summed E-state index contributed by atoms with van der Waals surface area (Å²) in [6.07, 6.45) is -5.25. The Morgan fingerprint density at radius 3 is 2.40 bits per heavy atom. The first-order valence-electron chi connectivity index (χ1n) is 6.47. The molecule has 0 amide bonds. The Hall–Kier alpha value is -1.18. The van der Waals surface area contributed by atoms with Gasteiger partial charge in [0.1, 0.15) is 18.3 Å². The molecule has 1 aliphatic rings. The lowest BCUT2D eigenvalue weighted by Gasteiger charge is -2.17. The fourth-order valence-electron chi connectivity index (χ4n) is 2.05. The number of aromatic amines is 1. The monoisotopic (exact) mass is 404 g/mol. The lowest BCUT2D eigenvalue weighted by Crippen LogP contribution is -2.37. The maximum absolute atomic E-state index is 11.7. The van der Waals surface area contributed by atoms with E-state index in [4.69, 9.17) is 19.4 Å². The van der Waals surface area contributed by atoms with Crippen molar-refractivity contribution in [3.63, 3.8) is 0 Å². The third kappa shape index (κ3) is 5.15. The van der Waals surface area contributed by atoms with Gasteiger partial charge in [-0.1, -0.05) is 0 Å². The Morgan fingerprint density at radius 2 is 1.84 bits per heavy atom. The molecule has 0 aliphatic carbocycles. The van der Waals surface area contributed by atoms with Crippen LogP contribution in [0.1, 0.15) is 6.23 Å². The molecule has 1 aromatic heterocycles. The van der Waals surface area contributed by atoms with Crippen molar-refractivity contribution in [2.75, 3.05) is 6.61 Å². The molecule has 25 heavy (non-hydrogen) atoms. The molecule has 0 aromatic carbocycles. The highest BCUT2D eigenvalue weighted by molar-refractivity contribution is 7.60. The minimum Gasteiger partial charge on any atom is -0.387 e. The molecule has 16 heteroatoms. The zero-order valence-electron chi connectivity index (χ0n) is 12.1. The third-order valence-electron chi connectivity index (χ3n) is 3.07. The number of ether oxygens (including phenoxy) is 1. The number of aliphatic hydroxyl groups excluding tert-OH is 2. The van der Waals surface area contributed by atoms with Gasteiger partial charge >= 0.3 is 21.3 Å². The van der Waals surface area contributed by atoms with E-state index in [0.717, 1.165) is 16.8 Å². The number of hydrogen-bond donors (Lipinski definition) is 6. The van der Waals surface area contributed by atoms with Crippen molar-refractivity contribution in [1.82, 2.24) is 9.55 Å². The predicted molar refractivity (Wildman–Crippen MR) is 76.2 cm³/mol. The zero-order chi connectivity index (χ0) is 19.0. The van der Waals surface area contributed by atoms with Gasteiger partial charge in [0.2, 0.25) is 0 Å². The number of rotatable bonds is 6. The molecule has 0 bridgehead atoms. The number of nitrogens with zero attached hydrogens (tertiary/aromatic N) is 1. The fraction of sp³-hybridized carbons (Fsp3) is 0.556. The summed E-state index contributed by atoms with van der Waals surface area (Å²) in [6.45, 7) is -0.902. The van der Waals surface area contributed by atoms with Crippen LogP contribution in [0.25, 0.3) is 0 Å². The van der Waals surface area contributed by atoms with E-state index in [1.807, 2.05) is 4.98 Å². The molecule has 2 rings (SSSR count). The molecule has 1 fully saturated rings. The van der Waals surface area contributed by atoms with Gasteiger partial charge < -0.3 is 29.6 Å². The Balaban J connectivity index is 2.09. The normalized spacial score (nSPS) is 29.5. The van der Waals surface area contributed by atoms with Crippen LogP contribution >= 0.6 is 15.6 Å². The quantitative estimate of drug-likeness (QED) is 0.269. The van der Waals surface area contributed by atoms with Crippen molar-refractivity contribution in [3.05, 3.63) is 33.1 Å². The zero-order valence-corrected chi connectivity index (χ0v) is 13.9. The van der Waals surface area contributed by atoms with Gasteiger partial charge in [-0.15, -0.1) is 0 Å². The first-order chi connectivity index (χ1) is 11.4. The van der Waals surface area contributed by atoms with Crippen LogP contribution < -0.4 is 11.2 Å². The largest absolute Gasteiger partial charge is 0.481 e. The number of H-pyrrole nitrogens is 1. The molecule has 0 spiro atoms. The van der Waals surface area contributed by atoms with E-state index in [-0.39, 0.29) is 0 Å². The molecule has 0 saturated carbocycles. The van der Waals surface area contributed by atoms with Crippen molar-refractivity contribution in [1.29, 1.82) is 0 Å². The van der Waals surface area contributed by atoms with Gasteiger partial charge in [-0.05, 0) is 0 Å². The number of aromatic nitrogens is 2. The van der Waals surface area contributed by atoms with Crippen molar-refractivity contribution >= 4 is 15.6 Å². The van der Waals surface area contributed by atoms with E-state index in [2.05, 4.69) is 8.83 Å². The third-order valence-corrected chi connectivity index (χ3v) is 5.23. The fourth-order valence-corrected chi connectivity index (χ4v) is 3.65. The van der Waals surface area contributed by atoms with Crippen LogP contribution in [0.5, 0.6) is 0 Å². The van der Waals surface area contributed by atoms with Gasteiger partial charge in [0.25, 0.3) is 5.56 Å². The second kappa shape index (κ2) is 7.21. The van der Waals surface area contributed by atoms with Crippen molar-refractivity contribution in [2.45, 2.75) is 24.5 Å². The Labute approximate surface area is 138 Å². The summed E-state index contributed by atoms with van der Waals surface area (Å²) < 4.78 is 35.6. The predicted octanol–water partition coefficient (Wildman–Crippen LogP) is -2.62. The lowest BCUT2D eigenvalue weighted by atomic mass is 10.1. The van der Waals surface area contributed by atoms with Gasteiger partial charge in [-0.25, -0.2) is 13.9 Å². The summed E-state index contributed by atoms with van der Waals surface area (Å²) in [6, 6.07) is 0.962. The van der Waals surface area contributed by atoms with E-state index < -0.39 is 58.0 Å². The van der Waals surface area contributed by atoms with Crippen molar-refractivity contribution in [2.24, 2.45) is 0 Å². The minimum atomic E-state index is -5.32. The highest BCUT2D eigenvalue weighted by atomic mass is 31.3. The molecule has 5 atom stereocenters. The van der Waals surface area contributed by atoms with Crippen LogP contribution in [0.4, 0.5) is 0 Å². The van der Waals surface area contributed by atoms with Crippen molar-refractivity contribution < 1.29 is 47.6 Å². The van der Waals surface area contributed by atoms with Crippen LogP contribution in [-0.4, -0.2) is 59.4 Å². The average Bonchev–Trinajstić information content (AvgIpc) is 2.71. The molecule has 1 unspecified atom stereocenters. The van der Waals surface area contributed by atoms with Crippen LogP contribution in [-0.2, 0) is 22.7 Å². The topological polar surface area (TPSA) is 218 Å². The second-order valence-corrected chi connectivity index (χ2v) is 7.73. The summed E-state index contributed by atoms with van der Waals surface area (Å²) in [4.78, 5) is 50.7. The molecule has 14 nitrogen and oxygen atoms in total. The first kappa shape index (κ1) is 20.1. The molecule has 142 valence electrons. The molecule has 1 aliphatic heterocycles. The highest BCUT2D eigenvalue weighted by Gasteiger charge is 2.45. The van der Waals surface area contributed by atoms with Gasteiger partial charge in [-0.2, -0.15) is 4.31 Å². The molecule has 1 saturated heterocycles. The molecular formula is C9H14N2O12P2. The number of phosphoric acid groups is 2. The number of phosphoric ester groups is 1. The van der Waals surface area contributed by atoms with E-state index in [0.29, 0.717) is 0 Å². The Morgan fingerprint density at radius 1 is 1.20 bits per heavy atom. The number of nitrogens with one attached hydrogen (secondary N) is 1. The van der Waals surface area contributed by atoms with E-state index in [9.17, 15) is 28.9 Å². The van der Waals surface area contributed by atoms with Crippen LogP contribution in [0.2, 0.25) is 0 Å². The summed E-state index contributed by atoms with van der Waals surface area (Å²) >= 11 is 0.